The maximum atomic E-state index is 12.7. The fourth-order valence-electron chi connectivity index (χ4n) is 5.46. The van der Waals surface area contributed by atoms with Gasteiger partial charge in [-0.2, -0.15) is 0 Å². The summed E-state index contributed by atoms with van der Waals surface area (Å²) < 4.78 is 33.8. The minimum absolute atomic E-state index is 0.0562. The van der Waals surface area contributed by atoms with Gasteiger partial charge in [0.05, 0.1) is 33.9 Å². The highest BCUT2D eigenvalue weighted by Gasteiger charge is 2.21. The van der Waals surface area contributed by atoms with Crippen molar-refractivity contribution in [2.24, 2.45) is 0 Å². The molecule has 11 heteroatoms. The number of aliphatic hydroxyl groups excluding tert-OH is 1. The molecule has 0 aliphatic heterocycles. The maximum Gasteiger partial charge on any atom is 0.306 e. The Morgan fingerprint density at radius 1 is 0.644 bits per heavy atom. The van der Waals surface area contributed by atoms with E-state index in [1.807, 2.05) is 69.8 Å². The number of phosphoric acid groups is 1. The molecule has 0 heterocycles. The highest BCUT2D eigenvalue weighted by atomic mass is 31.2. The van der Waals surface area contributed by atoms with Crippen molar-refractivity contribution in [1.82, 2.24) is 0 Å². The predicted molar refractivity (Wildman–Crippen MR) is 242 cm³/mol. The number of esters is 2. The fraction of sp³-hybridized carbons (Fsp3) is 0.667. The van der Waals surface area contributed by atoms with Crippen LogP contribution in [0.3, 0.4) is 0 Å². The molecule has 0 spiro atoms. The van der Waals surface area contributed by atoms with Crippen molar-refractivity contribution in [2.45, 2.75) is 161 Å². The normalized spacial score (nSPS) is 14.9. The van der Waals surface area contributed by atoms with Gasteiger partial charge in [0.15, 0.2) is 6.10 Å². The Balaban J connectivity index is 4.55. The first-order valence-electron chi connectivity index (χ1n) is 22.4. The van der Waals surface area contributed by atoms with E-state index in [0.29, 0.717) is 30.3 Å². The molecule has 0 aromatic carbocycles. The summed E-state index contributed by atoms with van der Waals surface area (Å²) in [5.41, 5.74) is 0. The van der Waals surface area contributed by atoms with Crippen LogP contribution in [-0.2, 0) is 32.7 Å². The summed E-state index contributed by atoms with van der Waals surface area (Å²) in [4.78, 5) is 37.5. The van der Waals surface area contributed by atoms with Crippen molar-refractivity contribution < 1.29 is 47.2 Å². The summed E-state index contributed by atoms with van der Waals surface area (Å²) in [5, 5.41) is 10.0. The Morgan fingerprint density at radius 3 is 1.88 bits per heavy atom. The summed E-state index contributed by atoms with van der Waals surface area (Å²) in [7, 11) is 1.08. The van der Waals surface area contributed by atoms with Gasteiger partial charge in [-0.05, 0) is 70.6 Å². The lowest BCUT2D eigenvalue weighted by Gasteiger charge is -2.28. The summed E-state index contributed by atoms with van der Waals surface area (Å²) in [5.74, 6) is -0.980. The number of ether oxygens (including phenoxy) is 2. The van der Waals surface area contributed by atoms with Crippen molar-refractivity contribution in [3.8, 4) is 0 Å². The van der Waals surface area contributed by atoms with Crippen molar-refractivity contribution in [1.29, 1.82) is 0 Å². The van der Waals surface area contributed by atoms with Gasteiger partial charge in [0, 0.05) is 12.8 Å². The summed E-state index contributed by atoms with van der Waals surface area (Å²) >= 11 is 0. The molecular weight excluding hydrogens is 765 g/mol. The van der Waals surface area contributed by atoms with Gasteiger partial charge < -0.3 is 33.0 Å². The average Bonchev–Trinajstić information content (AvgIpc) is 3.18. The van der Waals surface area contributed by atoms with Crippen LogP contribution in [0, 0.1) is 0 Å². The Hall–Kier alpha value is -2.85. The molecule has 0 bridgehead atoms. The number of unbranched alkanes of at least 4 members (excludes halogenated alkanes) is 11. The standard InChI is InChI=1S/C48H82NO9P/c1-6-8-10-12-14-15-16-17-18-19-20-25-28-32-36-40-48(52)58-46(44-57-59(53,54)56-42-41-49(3,4)5)43-55-47(51)39-35-31-27-24-22-21-23-26-30-34-38-45(50)37-33-29-13-11-9-7-2/h9,11,17-18,21-22,26-27,29-31,33-34,38,45-46,50H,6-8,10,12-16,19-20,23-25,28,32,35-37,39-44H2,1-5H3/b11-9-,18-17-,22-21-,30-26-,31-27-,33-29-,38-34+/t45?,46-/m1/s1. The molecule has 0 aromatic rings. The number of carbonyl (C=O) groups excluding carboxylic acids is 2. The van der Waals surface area contributed by atoms with Crippen molar-refractivity contribution in [3.63, 3.8) is 0 Å². The van der Waals surface area contributed by atoms with Gasteiger partial charge in [-0.25, -0.2) is 0 Å². The Morgan fingerprint density at radius 2 is 1.22 bits per heavy atom. The van der Waals surface area contributed by atoms with Crippen LogP contribution in [0.1, 0.15) is 149 Å². The summed E-state index contributed by atoms with van der Waals surface area (Å²) in [6.45, 7) is 3.91. The molecule has 0 aliphatic carbocycles. The minimum atomic E-state index is -4.66. The van der Waals surface area contributed by atoms with Gasteiger partial charge in [0.25, 0.3) is 7.82 Å². The van der Waals surface area contributed by atoms with E-state index in [4.69, 9.17) is 18.5 Å². The van der Waals surface area contributed by atoms with E-state index in [-0.39, 0.29) is 26.1 Å². The van der Waals surface area contributed by atoms with Crippen LogP contribution in [0.2, 0.25) is 0 Å². The lowest BCUT2D eigenvalue weighted by Crippen LogP contribution is -2.37. The largest absolute Gasteiger partial charge is 0.756 e. The molecule has 0 saturated carbocycles. The molecule has 0 radical (unpaired) electrons. The van der Waals surface area contributed by atoms with Crippen molar-refractivity contribution in [3.05, 3.63) is 85.1 Å². The van der Waals surface area contributed by atoms with Crippen LogP contribution in [0.4, 0.5) is 0 Å². The first-order chi connectivity index (χ1) is 28.4. The lowest BCUT2D eigenvalue weighted by molar-refractivity contribution is -0.870. The molecular formula is C48H82NO9P. The smallest absolute Gasteiger partial charge is 0.306 e. The SMILES string of the molecule is CC/C=C\C/C=C\CC(O)/C=C/C=C\C/C=C\C/C=C\CCC(=O)OC[C@H](COP(=O)([O-])OCC[N+](C)(C)C)OC(=O)CCCCCCC/C=C\CCCCCCCC. The minimum Gasteiger partial charge on any atom is -0.756 e. The number of rotatable bonds is 39. The Labute approximate surface area is 359 Å². The molecule has 3 atom stereocenters. The number of hydrogen-bond acceptors (Lipinski definition) is 9. The van der Waals surface area contributed by atoms with Crippen molar-refractivity contribution in [2.75, 3.05) is 47.5 Å². The number of carbonyl (C=O) groups is 2. The van der Waals surface area contributed by atoms with Gasteiger partial charge in [-0.1, -0.05) is 150 Å². The molecule has 10 nitrogen and oxygen atoms in total. The monoisotopic (exact) mass is 848 g/mol. The average molecular weight is 848 g/mol. The molecule has 1 N–H and O–H groups in total. The van der Waals surface area contributed by atoms with Gasteiger partial charge in [-0.3, -0.25) is 14.2 Å². The quantitative estimate of drug-likeness (QED) is 0.0160. The van der Waals surface area contributed by atoms with E-state index in [2.05, 4.69) is 44.2 Å². The van der Waals surface area contributed by atoms with Crippen LogP contribution in [0.15, 0.2) is 85.1 Å². The van der Waals surface area contributed by atoms with E-state index in [1.54, 1.807) is 6.08 Å². The topological polar surface area (TPSA) is 131 Å². The molecule has 59 heavy (non-hydrogen) atoms. The van der Waals surface area contributed by atoms with E-state index in [0.717, 1.165) is 64.2 Å². The van der Waals surface area contributed by atoms with E-state index < -0.39 is 38.6 Å². The summed E-state index contributed by atoms with van der Waals surface area (Å²) in [6.07, 6.45) is 46.5. The predicted octanol–water partition coefficient (Wildman–Crippen LogP) is 11.1. The van der Waals surface area contributed by atoms with Crippen LogP contribution >= 0.6 is 7.82 Å². The number of likely N-dealkylation sites (N-methyl/N-ethyl adjacent to an activating group) is 1. The highest BCUT2D eigenvalue weighted by Crippen LogP contribution is 2.38. The zero-order valence-corrected chi connectivity index (χ0v) is 38.4. The van der Waals surface area contributed by atoms with Gasteiger partial charge in [0.1, 0.15) is 19.8 Å². The zero-order chi connectivity index (χ0) is 43.7. The first kappa shape index (κ1) is 56.1. The molecule has 0 saturated heterocycles. The molecule has 0 amide bonds. The molecule has 0 aliphatic rings. The maximum absolute atomic E-state index is 12.7. The Kier molecular flexibility index (Phi) is 37.4. The highest BCUT2D eigenvalue weighted by molar-refractivity contribution is 7.45. The fourth-order valence-corrected chi connectivity index (χ4v) is 6.19. The van der Waals surface area contributed by atoms with Crippen LogP contribution in [0.5, 0.6) is 0 Å². The van der Waals surface area contributed by atoms with Gasteiger partial charge in [-0.15, -0.1) is 0 Å². The zero-order valence-electron chi connectivity index (χ0n) is 37.5. The van der Waals surface area contributed by atoms with Crippen LogP contribution in [0.25, 0.3) is 0 Å². The van der Waals surface area contributed by atoms with Crippen molar-refractivity contribution >= 4 is 19.8 Å². The molecule has 0 rings (SSSR count). The number of allylic oxidation sites excluding steroid dienone is 12. The Bertz CT molecular complexity index is 1300. The second-order valence-electron chi connectivity index (χ2n) is 15.9. The van der Waals surface area contributed by atoms with E-state index >= 15 is 0 Å². The number of nitrogens with zero attached hydrogens (tertiary/aromatic N) is 1. The van der Waals surface area contributed by atoms with E-state index in [1.165, 1.54) is 38.5 Å². The molecule has 2 unspecified atom stereocenters. The molecule has 0 fully saturated rings. The number of quaternary nitrogens is 1. The number of hydrogen-bond donors (Lipinski definition) is 1. The first-order valence-corrected chi connectivity index (χ1v) is 23.9. The second-order valence-corrected chi connectivity index (χ2v) is 17.3. The third-order valence-electron chi connectivity index (χ3n) is 8.99. The number of phosphoric ester groups is 1. The second kappa shape index (κ2) is 39.3. The molecule has 338 valence electrons. The third-order valence-corrected chi connectivity index (χ3v) is 9.96. The number of aliphatic hydroxyl groups is 1. The van der Waals surface area contributed by atoms with Crippen LogP contribution < -0.4 is 4.89 Å². The van der Waals surface area contributed by atoms with Gasteiger partial charge >= 0.3 is 11.9 Å². The third kappa shape index (κ3) is 43.1. The van der Waals surface area contributed by atoms with Crippen LogP contribution in [-0.4, -0.2) is 81.2 Å². The van der Waals surface area contributed by atoms with Gasteiger partial charge in [0.2, 0.25) is 0 Å². The molecule has 0 aromatic heterocycles. The lowest BCUT2D eigenvalue weighted by atomic mass is 10.1. The van der Waals surface area contributed by atoms with E-state index in [9.17, 15) is 24.2 Å². The summed E-state index contributed by atoms with van der Waals surface area (Å²) in [6, 6.07) is 0.